The van der Waals surface area contributed by atoms with Crippen molar-refractivity contribution in [2.24, 2.45) is 0 Å². The second-order valence-electron chi connectivity index (χ2n) is 4.37. The first-order valence-corrected chi connectivity index (χ1v) is 6.36. The van der Waals surface area contributed by atoms with Crippen LogP contribution in [0.15, 0.2) is 18.2 Å². The van der Waals surface area contributed by atoms with Crippen LogP contribution in [-0.4, -0.2) is 44.6 Å². The topological polar surface area (TPSA) is 41.6 Å². The van der Waals surface area contributed by atoms with Gasteiger partial charge in [-0.15, -0.1) is 0 Å². The molecule has 0 saturated carbocycles. The number of nitrogens with zero attached hydrogens (tertiary/aromatic N) is 1. The highest BCUT2D eigenvalue weighted by molar-refractivity contribution is 6.30. The Morgan fingerprint density at radius 3 is 2.84 bits per heavy atom. The van der Waals surface area contributed by atoms with Gasteiger partial charge in [0.2, 0.25) is 0 Å². The Hall–Kier alpha value is -1.33. The fourth-order valence-corrected chi connectivity index (χ4v) is 1.56. The van der Waals surface area contributed by atoms with Crippen LogP contribution in [0.5, 0.6) is 5.75 Å². The average Bonchev–Trinajstić information content (AvgIpc) is 2.36. The van der Waals surface area contributed by atoms with Crippen molar-refractivity contribution < 1.29 is 13.9 Å². The monoisotopic (exact) mass is 288 g/mol. The van der Waals surface area contributed by atoms with E-state index >= 15 is 0 Å². The summed E-state index contributed by atoms with van der Waals surface area (Å²) >= 11 is 5.60. The second-order valence-corrected chi connectivity index (χ2v) is 4.78. The Morgan fingerprint density at radius 1 is 1.47 bits per heavy atom. The summed E-state index contributed by atoms with van der Waals surface area (Å²) in [6.07, 6.45) is 0.876. The highest BCUT2D eigenvalue weighted by Gasteiger charge is 2.05. The number of ether oxygens (including phenoxy) is 1. The number of nitrogens with one attached hydrogen (secondary N) is 1. The lowest BCUT2D eigenvalue weighted by atomic mass is 10.3. The molecule has 6 heteroatoms. The zero-order valence-electron chi connectivity index (χ0n) is 11.1. The first-order valence-electron chi connectivity index (χ1n) is 5.98. The van der Waals surface area contributed by atoms with E-state index < -0.39 is 5.82 Å². The summed E-state index contributed by atoms with van der Waals surface area (Å²) in [5.74, 6) is -0.351. The highest BCUT2D eigenvalue weighted by atomic mass is 35.5. The maximum atomic E-state index is 12.9. The Bertz CT molecular complexity index is 427. The summed E-state index contributed by atoms with van der Waals surface area (Å²) in [6, 6.07) is 3.98. The van der Waals surface area contributed by atoms with Gasteiger partial charge in [-0.25, -0.2) is 4.39 Å². The minimum absolute atomic E-state index is 0.0242. The minimum atomic E-state index is -0.512. The molecule has 1 rings (SSSR count). The van der Waals surface area contributed by atoms with E-state index in [1.165, 1.54) is 18.2 Å². The van der Waals surface area contributed by atoms with Gasteiger partial charge in [-0.2, -0.15) is 0 Å². The second kappa shape index (κ2) is 7.96. The summed E-state index contributed by atoms with van der Waals surface area (Å²) in [6.45, 7) is 1.41. The van der Waals surface area contributed by atoms with Gasteiger partial charge in [-0.1, -0.05) is 11.6 Å². The molecular formula is C13H18ClFN2O2. The molecule has 0 heterocycles. The van der Waals surface area contributed by atoms with Crippen LogP contribution in [0.3, 0.4) is 0 Å². The summed E-state index contributed by atoms with van der Waals surface area (Å²) in [5, 5.41) is 2.71. The lowest BCUT2D eigenvalue weighted by Crippen LogP contribution is -2.31. The normalized spacial score (nSPS) is 10.6. The van der Waals surface area contributed by atoms with E-state index in [9.17, 15) is 9.18 Å². The van der Waals surface area contributed by atoms with Crippen molar-refractivity contribution in [1.82, 2.24) is 10.2 Å². The summed E-state index contributed by atoms with van der Waals surface area (Å²) in [4.78, 5) is 13.5. The first kappa shape index (κ1) is 15.7. The molecule has 4 nitrogen and oxygen atoms in total. The quantitative estimate of drug-likeness (QED) is 0.780. The lowest BCUT2D eigenvalue weighted by Gasteiger charge is -2.10. The number of amides is 1. The molecule has 0 fully saturated rings. The molecule has 0 aliphatic carbocycles. The van der Waals surface area contributed by atoms with E-state index in [-0.39, 0.29) is 17.5 Å². The van der Waals surface area contributed by atoms with Crippen LogP contribution in [0.4, 0.5) is 4.39 Å². The summed E-state index contributed by atoms with van der Waals surface area (Å²) < 4.78 is 18.1. The van der Waals surface area contributed by atoms with Crippen molar-refractivity contribution in [2.45, 2.75) is 6.42 Å². The molecule has 0 radical (unpaired) electrons. The van der Waals surface area contributed by atoms with Crippen LogP contribution < -0.4 is 10.1 Å². The average molecular weight is 289 g/mol. The van der Waals surface area contributed by atoms with Gasteiger partial charge in [0, 0.05) is 12.6 Å². The van der Waals surface area contributed by atoms with Crippen molar-refractivity contribution in [3.8, 4) is 5.75 Å². The Balaban J connectivity index is 2.24. The van der Waals surface area contributed by atoms with Crippen molar-refractivity contribution in [1.29, 1.82) is 0 Å². The summed E-state index contributed by atoms with van der Waals surface area (Å²) in [5.41, 5.74) is 0. The Kier molecular flexibility index (Phi) is 6.59. The van der Waals surface area contributed by atoms with Crippen molar-refractivity contribution in [3.63, 3.8) is 0 Å². The molecule has 1 N–H and O–H groups in total. The molecule has 0 aliphatic rings. The predicted octanol–water partition coefficient (Wildman–Crippen LogP) is 1.93. The standard InChI is InChI=1S/C13H18ClFN2O2/c1-17(2)7-3-6-16-13(18)9-19-10-4-5-12(15)11(14)8-10/h4-5,8H,3,6-7,9H2,1-2H3,(H,16,18). The molecule has 0 atom stereocenters. The van der Waals surface area contributed by atoms with Crippen LogP contribution in [0.2, 0.25) is 5.02 Å². The molecule has 1 aromatic carbocycles. The fraction of sp³-hybridized carbons (Fsp3) is 0.462. The fourth-order valence-electron chi connectivity index (χ4n) is 1.39. The molecule has 0 spiro atoms. The van der Waals surface area contributed by atoms with Gasteiger partial charge in [0.1, 0.15) is 11.6 Å². The van der Waals surface area contributed by atoms with Crippen LogP contribution in [0.25, 0.3) is 0 Å². The summed E-state index contributed by atoms with van der Waals surface area (Å²) in [7, 11) is 3.95. The molecule has 0 aromatic heterocycles. The molecule has 0 bridgehead atoms. The number of carbonyl (C=O) groups is 1. The third-order valence-electron chi connectivity index (χ3n) is 2.37. The molecular weight excluding hydrogens is 271 g/mol. The highest BCUT2D eigenvalue weighted by Crippen LogP contribution is 2.20. The number of hydrogen-bond donors (Lipinski definition) is 1. The van der Waals surface area contributed by atoms with Gasteiger partial charge < -0.3 is 15.0 Å². The maximum absolute atomic E-state index is 12.9. The number of hydrogen-bond acceptors (Lipinski definition) is 3. The van der Waals surface area contributed by atoms with Gasteiger partial charge in [0.05, 0.1) is 5.02 Å². The number of rotatable bonds is 7. The SMILES string of the molecule is CN(C)CCCNC(=O)COc1ccc(F)c(Cl)c1. The van der Waals surface area contributed by atoms with E-state index in [4.69, 9.17) is 16.3 Å². The van der Waals surface area contributed by atoms with Crippen LogP contribution in [-0.2, 0) is 4.79 Å². The van der Waals surface area contributed by atoms with E-state index in [1.807, 2.05) is 19.0 Å². The largest absolute Gasteiger partial charge is 0.484 e. The van der Waals surface area contributed by atoms with Crippen molar-refractivity contribution in [2.75, 3.05) is 33.8 Å². The van der Waals surface area contributed by atoms with Crippen LogP contribution >= 0.6 is 11.6 Å². The van der Waals surface area contributed by atoms with E-state index in [1.54, 1.807) is 0 Å². The van der Waals surface area contributed by atoms with E-state index in [2.05, 4.69) is 5.32 Å². The smallest absolute Gasteiger partial charge is 0.257 e. The molecule has 19 heavy (non-hydrogen) atoms. The van der Waals surface area contributed by atoms with Crippen LogP contribution in [0, 0.1) is 5.82 Å². The first-order chi connectivity index (χ1) is 8.99. The minimum Gasteiger partial charge on any atom is -0.484 e. The molecule has 0 unspecified atom stereocenters. The lowest BCUT2D eigenvalue weighted by molar-refractivity contribution is -0.123. The van der Waals surface area contributed by atoms with Crippen molar-refractivity contribution in [3.05, 3.63) is 29.0 Å². The van der Waals surface area contributed by atoms with Gasteiger partial charge in [-0.05, 0) is 39.2 Å². The van der Waals surface area contributed by atoms with Gasteiger partial charge in [0.25, 0.3) is 5.91 Å². The van der Waals surface area contributed by atoms with E-state index in [0.29, 0.717) is 12.3 Å². The maximum Gasteiger partial charge on any atom is 0.257 e. The molecule has 0 saturated heterocycles. The van der Waals surface area contributed by atoms with Crippen LogP contribution in [0.1, 0.15) is 6.42 Å². The third kappa shape index (κ3) is 6.40. The van der Waals surface area contributed by atoms with Gasteiger partial charge >= 0.3 is 0 Å². The van der Waals surface area contributed by atoms with Gasteiger partial charge in [-0.3, -0.25) is 4.79 Å². The van der Waals surface area contributed by atoms with Crippen molar-refractivity contribution >= 4 is 17.5 Å². The molecule has 1 aromatic rings. The zero-order chi connectivity index (χ0) is 14.3. The molecule has 106 valence electrons. The molecule has 0 aliphatic heterocycles. The number of benzene rings is 1. The number of carbonyl (C=O) groups excluding carboxylic acids is 1. The van der Waals surface area contributed by atoms with Gasteiger partial charge in [0.15, 0.2) is 6.61 Å². The number of halogens is 2. The Morgan fingerprint density at radius 2 is 2.21 bits per heavy atom. The third-order valence-corrected chi connectivity index (χ3v) is 2.65. The van der Waals surface area contributed by atoms with E-state index in [0.717, 1.165) is 13.0 Å². The zero-order valence-corrected chi connectivity index (χ0v) is 11.8. The predicted molar refractivity (Wildman–Crippen MR) is 73.1 cm³/mol. The Labute approximate surface area is 117 Å². The molecule has 1 amide bonds.